The second-order valence-corrected chi connectivity index (χ2v) is 5.46. The Morgan fingerprint density at radius 2 is 1.95 bits per heavy atom. The van der Waals surface area contributed by atoms with E-state index >= 15 is 0 Å². The van der Waals surface area contributed by atoms with Gasteiger partial charge in [-0.15, -0.1) is 0 Å². The van der Waals surface area contributed by atoms with Gasteiger partial charge in [0.2, 0.25) is 0 Å². The molecule has 0 fully saturated rings. The predicted molar refractivity (Wildman–Crippen MR) is 82.0 cm³/mol. The van der Waals surface area contributed by atoms with Gasteiger partial charge in [0.05, 0.1) is 6.04 Å². The molecule has 0 aliphatic carbocycles. The fourth-order valence-corrected chi connectivity index (χ4v) is 2.47. The highest BCUT2D eigenvalue weighted by molar-refractivity contribution is 9.10. The van der Waals surface area contributed by atoms with Crippen LogP contribution in [0, 0.1) is 5.82 Å². The third kappa shape index (κ3) is 3.35. The van der Waals surface area contributed by atoms with Crippen LogP contribution >= 0.6 is 15.9 Å². The fourth-order valence-electron chi connectivity index (χ4n) is 2.13. The van der Waals surface area contributed by atoms with Crippen LogP contribution in [0.25, 0.3) is 0 Å². The first-order valence-electron chi connectivity index (χ1n) is 6.41. The number of rotatable bonds is 4. The van der Waals surface area contributed by atoms with Gasteiger partial charge in [-0.25, -0.2) is 4.39 Å². The van der Waals surface area contributed by atoms with Crippen molar-refractivity contribution in [1.29, 1.82) is 0 Å². The topological polar surface area (TPSA) is 12.0 Å². The lowest BCUT2D eigenvalue weighted by molar-refractivity contribution is 0.599. The average Bonchev–Trinajstić information content (AvgIpc) is 2.39. The summed E-state index contributed by atoms with van der Waals surface area (Å²) in [5, 5.41) is 3.38. The van der Waals surface area contributed by atoms with Crippen LogP contribution in [0.5, 0.6) is 0 Å². The molecule has 0 aromatic heterocycles. The first-order valence-corrected chi connectivity index (χ1v) is 7.20. The van der Waals surface area contributed by atoms with Crippen LogP contribution in [0.15, 0.2) is 46.9 Å². The number of hydrogen-bond donors (Lipinski definition) is 1. The van der Waals surface area contributed by atoms with E-state index < -0.39 is 0 Å². The number of aryl methyl sites for hydroxylation is 1. The SMILES string of the molecule is CCc1ccccc1NC(C)c1ccc(Br)cc1F. The average molecular weight is 322 g/mol. The fraction of sp³-hybridized carbons (Fsp3) is 0.250. The van der Waals surface area contributed by atoms with Crippen molar-refractivity contribution in [3.8, 4) is 0 Å². The lowest BCUT2D eigenvalue weighted by atomic mass is 10.1. The van der Waals surface area contributed by atoms with Gasteiger partial charge in [-0.05, 0) is 37.1 Å². The molecule has 2 rings (SSSR count). The number of anilines is 1. The highest BCUT2D eigenvalue weighted by atomic mass is 79.9. The van der Waals surface area contributed by atoms with Crippen molar-refractivity contribution >= 4 is 21.6 Å². The van der Waals surface area contributed by atoms with Gasteiger partial charge in [0, 0.05) is 15.7 Å². The van der Waals surface area contributed by atoms with Crippen LogP contribution in [0.2, 0.25) is 0 Å². The molecule has 1 unspecified atom stereocenters. The van der Waals surface area contributed by atoms with Gasteiger partial charge in [0.25, 0.3) is 0 Å². The molecule has 1 N–H and O–H groups in total. The van der Waals surface area contributed by atoms with Gasteiger partial charge in [0.15, 0.2) is 0 Å². The Hall–Kier alpha value is -1.35. The van der Waals surface area contributed by atoms with E-state index in [1.54, 1.807) is 0 Å². The molecule has 1 atom stereocenters. The normalized spacial score (nSPS) is 12.2. The van der Waals surface area contributed by atoms with Gasteiger partial charge in [0.1, 0.15) is 5.82 Å². The van der Waals surface area contributed by atoms with Crippen molar-refractivity contribution in [2.45, 2.75) is 26.3 Å². The summed E-state index contributed by atoms with van der Waals surface area (Å²) < 4.78 is 14.7. The van der Waals surface area contributed by atoms with Gasteiger partial charge < -0.3 is 5.32 Å². The monoisotopic (exact) mass is 321 g/mol. The maximum Gasteiger partial charge on any atom is 0.129 e. The Kier molecular flexibility index (Phi) is 4.59. The van der Waals surface area contributed by atoms with E-state index in [1.807, 2.05) is 37.3 Å². The van der Waals surface area contributed by atoms with Crippen molar-refractivity contribution < 1.29 is 4.39 Å². The molecule has 0 heterocycles. The maximum absolute atomic E-state index is 13.9. The molecule has 0 aliphatic rings. The van der Waals surface area contributed by atoms with E-state index in [0.717, 1.165) is 16.6 Å². The Morgan fingerprint density at radius 3 is 2.63 bits per heavy atom. The second-order valence-electron chi connectivity index (χ2n) is 4.54. The minimum atomic E-state index is -0.191. The zero-order valence-electron chi connectivity index (χ0n) is 11.1. The number of benzene rings is 2. The summed E-state index contributed by atoms with van der Waals surface area (Å²) in [4.78, 5) is 0. The molecule has 1 nitrogen and oxygen atoms in total. The summed E-state index contributed by atoms with van der Waals surface area (Å²) in [6.07, 6.45) is 0.957. The zero-order chi connectivity index (χ0) is 13.8. The molecular weight excluding hydrogens is 305 g/mol. The Balaban J connectivity index is 2.23. The first kappa shape index (κ1) is 14.1. The van der Waals surface area contributed by atoms with Gasteiger partial charge >= 0.3 is 0 Å². The van der Waals surface area contributed by atoms with Crippen LogP contribution < -0.4 is 5.32 Å². The molecule has 0 spiro atoms. The third-order valence-electron chi connectivity index (χ3n) is 3.20. The smallest absolute Gasteiger partial charge is 0.129 e. The Morgan fingerprint density at radius 1 is 1.21 bits per heavy atom. The Labute approximate surface area is 122 Å². The molecule has 100 valence electrons. The molecule has 0 aliphatic heterocycles. The Bertz CT molecular complexity index is 568. The molecule has 2 aromatic rings. The van der Waals surface area contributed by atoms with Gasteiger partial charge in [-0.2, -0.15) is 0 Å². The van der Waals surface area contributed by atoms with Crippen LogP contribution in [0.3, 0.4) is 0 Å². The minimum absolute atomic E-state index is 0.0687. The minimum Gasteiger partial charge on any atom is -0.378 e. The largest absolute Gasteiger partial charge is 0.378 e. The summed E-state index contributed by atoms with van der Waals surface area (Å²) in [7, 11) is 0. The van der Waals surface area contributed by atoms with Crippen LogP contribution in [-0.2, 0) is 6.42 Å². The van der Waals surface area contributed by atoms with Crippen molar-refractivity contribution in [3.63, 3.8) is 0 Å². The standard InChI is InChI=1S/C16H17BrFN/c1-3-12-6-4-5-7-16(12)19-11(2)14-9-8-13(17)10-15(14)18/h4-11,19H,3H2,1-2H3. The molecule has 0 bridgehead atoms. The van der Waals surface area contributed by atoms with Crippen LogP contribution in [0.4, 0.5) is 10.1 Å². The van der Waals surface area contributed by atoms with E-state index in [9.17, 15) is 4.39 Å². The van der Waals surface area contributed by atoms with E-state index in [0.29, 0.717) is 5.56 Å². The molecule has 3 heteroatoms. The molecule has 19 heavy (non-hydrogen) atoms. The van der Waals surface area contributed by atoms with Crippen molar-refractivity contribution in [2.75, 3.05) is 5.32 Å². The maximum atomic E-state index is 13.9. The summed E-state index contributed by atoms with van der Waals surface area (Å²) in [5.41, 5.74) is 2.99. The molecule has 2 aromatic carbocycles. The highest BCUT2D eigenvalue weighted by Gasteiger charge is 2.12. The zero-order valence-corrected chi connectivity index (χ0v) is 12.7. The van der Waals surface area contributed by atoms with Crippen molar-refractivity contribution in [2.24, 2.45) is 0 Å². The van der Waals surface area contributed by atoms with Gasteiger partial charge in [-0.3, -0.25) is 0 Å². The van der Waals surface area contributed by atoms with E-state index in [2.05, 4.69) is 34.2 Å². The first-order chi connectivity index (χ1) is 9.11. The molecular formula is C16H17BrFN. The van der Waals surface area contributed by atoms with Gasteiger partial charge in [-0.1, -0.05) is 47.1 Å². The summed E-state index contributed by atoms with van der Waals surface area (Å²) >= 11 is 3.27. The summed E-state index contributed by atoms with van der Waals surface area (Å²) in [5.74, 6) is -0.191. The number of halogens is 2. The molecule has 0 amide bonds. The van der Waals surface area contributed by atoms with Crippen molar-refractivity contribution in [1.82, 2.24) is 0 Å². The highest BCUT2D eigenvalue weighted by Crippen LogP contribution is 2.26. The summed E-state index contributed by atoms with van der Waals surface area (Å²) in [6.45, 7) is 4.09. The van der Waals surface area contributed by atoms with E-state index in [-0.39, 0.29) is 11.9 Å². The van der Waals surface area contributed by atoms with Crippen molar-refractivity contribution in [3.05, 3.63) is 63.9 Å². The quantitative estimate of drug-likeness (QED) is 0.803. The molecule has 0 radical (unpaired) electrons. The van der Waals surface area contributed by atoms with E-state index in [1.165, 1.54) is 11.6 Å². The number of para-hydroxylation sites is 1. The lowest BCUT2D eigenvalue weighted by Gasteiger charge is -2.18. The number of nitrogens with one attached hydrogen (secondary N) is 1. The van der Waals surface area contributed by atoms with Crippen LogP contribution in [0.1, 0.15) is 31.0 Å². The van der Waals surface area contributed by atoms with Crippen LogP contribution in [-0.4, -0.2) is 0 Å². The third-order valence-corrected chi connectivity index (χ3v) is 3.69. The number of hydrogen-bond acceptors (Lipinski definition) is 1. The second kappa shape index (κ2) is 6.20. The molecule has 0 saturated carbocycles. The summed E-state index contributed by atoms with van der Waals surface area (Å²) in [6, 6.07) is 13.2. The molecule has 0 saturated heterocycles. The lowest BCUT2D eigenvalue weighted by Crippen LogP contribution is -2.10. The van der Waals surface area contributed by atoms with E-state index in [4.69, 9.17) is 0 Å². The predicted octanol–water partition coefficient (Wildman–Crippen LogP) is 5.32.